The first-order chi connectivity index (χ1) is 10.6. The Morgan fingerprint density at radius 1 is 1.23 bits per heavy atom. The van der Waals surface area contributed by atoms with E-state index in [-0.39, 0.29) is 23.7 Å². The molecule has 1 atom stereocenters. The van der Waals surface area contributed by atoms with Crippen molar-refractivity contribution in [3.05, 3.63) is 35.1 Å². The quantitative estimate of drug-likeness (QED) is 0.808. The molecule has 116 valence electrons. The number of rotatable bonds is 1. The fourth-order valence-corrected chi connectivity index (χ4v) is 3.36. The van der Waals surface area contributed by atoms with Crippen molar-refractivity contribution in [2.45, 2.75) is 46.0 Å². The summed E-state index contributed by atoms with van der Waals surface area (Å²) in [6.07, 6.45) is 11.1. The van der Waals surface area contributed by atoms with Gasteiger partial charge in [0.1, 0.15) is 0 Å². The third-order valence-corrected chi connectivity index (χ3v) is 4.95. The van der Waals surface area contributed by atoms with Crippen molar-refractivity contribution >= 4 is 17.5 Å². The summed E-state index contributed by atoms with van der Waals surface area (Å²) in [4.78, 5) is 28.4. The van der Waals surface area contributed by atoms with Crippen molar-refractivity contribution in [1.29, 1.82) is 0 Å². The molecule has 3 rings (SSSR count). The Kier molecular flexibility index (Phi) is 4.10. The molecule has 2 aliphatic carbocycles. The zero-order chi connectivity index (χ0) is 15.7. The summed E-state index contributed by atoms with van der Waals surface area (Å²) >= 11 is 0. The number of carbonyl (C=O) groups is 2. The first-order valence-electron chi connectivity index (χ1n) is 8.07. The minimum atomic E-state index is -0.0618. The molecule has 0 spiro atoms. The monoisotopic (exact) mass is 298 g/mol. The summed E-state index contributed by atoms with van der Waals surface area (Å²) in [7, 11) is 0. The number of carbonyl (C=O) groups excluding carboxylic acids is 2. The SMILES string of the molecule is CC1=C(C)C2C=CC(=NC(=O)C3CCCCC3)C=C2NC1=O. The van der Waals surface area contributed by atoms with Gasteiger partial charge in [-0.15, -0.1) is 0 Å². The zero-order valence-corrected chi connectivity index (χ0v) is 13.2. The Bertz CT molecular complexity index is 631. The predicted octanol–water partition coefficient (Wildman–Crippen LogP) is 3.07. The van der Waals surface area contributed by atoms with Gasteiger partial charge in [0.15, 0.2) is 0 Å². The van der Waals surface area contributed by atoms with Gasteiger partial charge in [-0.25, -0.2) is 4.99 Å². The molecular formula is C18H22N2O2. The molecule has 0 radical (unpaired) electrons. The number of hydrogen-bond acceptors (Lipinski definition) is 2. The molecule has 0 saturated heterocycles. The standard InChI is InChI=1S/C18H22N2O2/c1-11-12(2)17(21)20-16-10-14(8-9-15(11)16)19-18(22)13-6-4-3-5-7-13/h8-10,13,15H,3-7H2,1-2H3,(H,20,21). The summed E-state index contributed by atoms with van der Waals surface area (Å²) in [6, 6.07) is 0. The van der Waals surface area contributed by atoms with Crippen molar-refractivity contribution in [1.82, 2.24) is 5.32 Å². The minimum absolute atomic E-state index is 0.0137. The lowest BCUT2D eigenvalue weighted by Crippen LogP contribution is -2.35. The third kappa shape index (κ3) is 2.82. The van der Waals surface area contributed by atoms with Crippen LogP contribution in [0.1, 0.15) is 46.0 Å². The first kappa shape index (κ1) is 14.9. The van der Waals surface area contributed by atoms with E-state index in [0.717, 1.165) is 42.5 Å². The maximum absolute atomic E-state index is 12.3. The number of allylic oxidation sites excluding steroid dienone is 3. The predicted molar refractivity (Wildman–Crippen MR) is 86.2 cm³/mol. The topological polar surface area (TPSA) is 58.5 Å². The highest BCUT2D eigenvalue weighted by atomic mass is 16.2. The van der Waals surface area contributed by atoms with Crippen LogP contribution in [-0.4, -0.2) is 17.5 Å². The van der Waals surface area contributed by atoms with E-state index in [9.17, 15) is 9.59 Å². The average Bonchev–Trinajstić information content (AvgIpc) is 2.53. The summed E-state index contributed by atoms with van der Waals surface area (Å²) < 4.78 is 0. The van der Waals surface area contributed by atoms with Crippen molar-refractivity contribution < 1.29 is 9.59 Å². The number of nitrogens with one attached hydrogen (secondary N) is 1. The average molecular weight is 298 g/mol. The summed E-state index contributed by atoms with van der Waals surface area (Å²) in [6.45, 7) is 3.82. The van der Waals surface area contributed by atoms with E-state index in [4.69, 9.17) is 0 Å². The van der Waals surface area contributed by atoms with Crippen LogP contribution in [-0.2, 0) is 9.59 Å². The Morgan fingerprint density at radius 3 is 2.68 bits per heavy atom. The van der Waals surface area contributed by atoms with E-state index in [1.54, 1.807) is 0 Å². The molecule has 0 aromatic rings. The Balaban J connectivity index is 1.80. The fraction of sp³-hybridized carbons (Fsp3) is 0.500. The van der Waals surface area contributed by atoms with Gasteiger partial charge in [0, 0.05) is 23.1 Å². The molecule has 1 aliphatic heterocycles. The number of aliphatic imine (C=N–C) groups is 1. The van der Waals surface area contributed by atoms with E-state index in [1.165, 1.54) is 6.42 Å². The summed E-state index contributed by atoms with van der Waals surface area (Å²) in [5.74, 6) is 0.102. The van der Waals surface area contributed by atoms with Crippen LogP contribution in [0.4, 0.5) is 0 Å². The molecule has 4 nitrogen and oxygen atoms in total. The molecule has 1 N–H and O–H groups in total. The largest absolute Gasteiger partial charge is 0.325 e. The molecule has 1 saturated carbocycles. The van der Waals surface area contributed by atoms with Crippen LogP contribution in [0.25, 0.3) is 0 Å². The van der Waals surface area contributed by atoms with Crippen LogP contribution in [0.15, 0.2) is 40.1 Å². The molecule has 4 heteroatoms. The first-order valence-corrected chi connectivity index (χ1v) is 8.07. The lowest BCUT2D eigenvalue weighted by atomic mass is 9.85. The lowest BCUT2D eigenvalue weighted by Gasteiger charge is -2.28. The van der Waals surface area contributed by atoms with Gasteiger partial charge in [-0.1, -0.05) is 30.9 Å². The Labute approximate surface area is 131 Å². The maximum atomic E-state index is 12.3. The van der Waals surface area contributed by atoms with Gasteiger partial charge in [0.05, 0.1) is 5.71 Å². The van der Waals surface area contributed by atoms with Crippen molar-refractivity contribution in [3.8, 4) is 0 Å². The van der Waals surface area contributed by atoms with Gasteiger partial charge in [-0.2, -0.15) is 0 Å². The van der Waals surface area contributed by atoms with Crippen LogP contribution in [0.5, 0.6) is 0 Å². The number of fused-ring (bicyclic) bond motifs is 1. The highest BCUT2D eigenvalue weighted by Crippen LogP contribution is 2.30. The van der Waals surface area contributed by atoms with Crippen LogP contribution >= 0.6 is 0 Å². The highest BCUT2D eigenvalue weighted by Gasteiger charge is 2.28. The van der Waals surface area contributed by atoms with Gasteiger partial charge in [0.2, 0.25) is 5.91 Å². The minimum Gasteiger partial charge on any atom is -0.325 e. The molecule has 1 heterocycles. The van der Waals surface area contributed by atoms with Gasteiger partial charge >= 0.3 is 0 Å². The highest BCUT2D eigenvalue weighted by molar-refractivity contribution is 6.11. The van der Waals surface area contributed by atoms with Gasteiger partial charge in [-0.05, 0) is 38.8 Å². The zero-order valence-electron chi connectivity index (χ0n) is 13.2. The van der Waals surface area contributed by atoms with Crippen LogP contribution in [0.2, 0.25) is 0 Å². The van der Waals surface area contributed by atoms with Gasteiger partial charge < -0.3 is 5.32 Å². The molecule has 1 unspecified atom stereocenters. The molecule has 0 aromatic carbocycles. The molecule has 0 aromatic heterocycles. The Hall–Kier alpha value is -1.97. The molecule has 3 aliphatic rings. The van der Waals surface area contributed by atoms with E-state index >= 15 is 0 Å². The second-order valence-electron chi connectivity index (χ2n) is 6.41. The van der Waals surface area contributed by atoms with E-state index in [0.29, 0.717) is 5.71 Å². The number of amides is 2. The second kappa shape index (κ2) is 6.03. The van der Waals surface area contributed by atoms with E-state index in [1.807, 2.05) is 32.1 Å². The smallest absolute Gasteiger partial charge is 0.251 e. The molecular weight excluding hydrogens is 276 g/mol. The maximum Gasteiger partial charge on any atom is 0.251 e. The number of hydrogen-bond donors (Lipinski definition) is 1. The molecule has 1 fully saturated rings. The molecule has 0 bridgehead atoms. The molecule has 22 heavy (non-hydrogen) atoms. The van der Waals surface area contributed by atoms with E-state index < -0.39 is 0 Å². The third-order valence-electron chi connectivity index (χ3n) is 4.95. The van der Waals surface area contributed by atoms with Gasteiger partial charge in [-0.3, -0.25) is 9.59 Å². The van der Waals surface area contributed by atoms with Crippen molar-refractivity contribution in [2.24, 2.45) is 16.8 Å². The lowest BCUT2D eigenvalue weighted by molar-refractivity contribution is -0.122. The Morgan fingerprint density at radius 2 is 1.95 bits per heavy atom. The second-order valence-corrected chi connectivity index (χ2v) is 6.41. The van der Waals surface area contributed by atoms with Crippen molar-refractivity contribution in [3.63, 3.8) is 0 Å². The van der Waals surface area contributed by atoms with Crippen LogP contribution in [0.3, 0.4) is 0 Å². The number of nitrogens with zero attached hydrogens (tertiary/aromatic N) is 1. The van der Waals surface area contributed by atoms with Crippen molar-refractivity contribution in [2.75, 3.05) is 0 Å². The van der Waals surface area contributed by atoms with Crippen LogP contribution < -0.4 is 5.32 Å². The van der Waals surface area contributed by atoms with Gasteiger partial charge in [0.25, 0.3) is 5.91 Å². The fourth-order valence-electron chi connectivity index (χ4n) is 3.36. The summed E-state index contributed by atoms with van der Waals surface area (Å²) in [5.41, 5.74) is 3.30. The normalized spacial score (nSPS) is 27.5. The summed E-state index contributed by atoms with van der Waals surface area (Å²) in [5, 5.41) is 2.90. The molecule has 2 amide bonds. The van der Waals surface area contributed by atoms with Crippen LogP contribution in [0, 0.1) is 11.8 Å². The van der Waals surface area contributed by atoms with E-state index in [2.05, 4.69) is 10.3 Å².